The zero-order valence-electron chi connectivity index (χ0n) is 15.1. The molecule has 1 heterocycles. The van der Waals surface area contributed by atoms with Gasteiger partial charge in [-0.15, -0.1) is 0 Å². The van der Waals surface area contributed by atoms with Crippen LogP contribution in [0.15, 0.2) is 40.9 Å². The summed E-state index contributed by atoms with van der Waals surface area (Å²) in [5.41, 5.74) is 8.91. The summed E-state index contributed by atoms with van der Waals surface area (Å²) in [5.74, 6) is 1.27. The third-order valence-corrected chi connectivity index (χ3v) is 6.60. The Morgan fingerprint density at radius 1 is 1.00 bits per heavy atom. The number of ether oxygens (including phenoxy) is 1. The molecule has 0 unspecified atom stereocenters. The van der Waals surface area contributed by atoms with Crippen molar-refractivity contribution in [1.82, 2.24) is 9.97 Å². The first-order valence-corrected chi connectivity index (χ1v) is 10.8. The molecule has 6 nitrogen and oxygen atoms in total. The zero-order valence-corrected chi connectivity index (χ0v) is 18.5. The number of nitriles is 2. The molecule has 1 radical (unpaired) electrons. The van der Waals surface area contributed by atoms with Crippen molar-refractivity contribution < 1.29 is 4.74 Å². The van der Waals surface area contributed by atoms with Gasteiger partial charge in [0, 0.05) is 0 Å². The average molecular weight is 495 g/mol. The van der Waals surface area contributed by atoms with E-state index in [-0.39, 0.29) is 0 Å². The summed E-state index contributed by atoms with van der Waals surface area (Å²) in [6, 6.07) is 15.1. The van der Waals surface area contributed by atoms with E-state index < -0.39 is 15.8 Å². The molecule has 0 amide bonds. The molecular formula is C20H14AsBrN5O. The van der Waals surface area contributed by atoms with Crippen LogP contribution >= 0.6 is 15.9 Å². The monoisotopic (exact) mass is 494 g/mol. The summed E-state index contributed by atoms with van der Waals surface area (Å²) in [7, 11) is 0. The fourth-order valence-corrected chi connectivity index (χ4v) is 4.54. The van der Waals surface area contributed by atoms with Gasteiger partial charge in [0.05, 0.1) is 0 Å². The van der Waals surface area contributed by atoms with Gasteiger partial charge in [-0.3, -0.25) is 0 Å². The molecule has 0 saturated carbocycles. The van der Waals surface area contributed by atoms with E-state index in [9.17, 15) is 0 Å². The van der Waals surface area contributed by atoms with Gasteiger partial charge in [0.25, 0.3) is 0 Å². The third kappa shape index (κ3) is 4.34. The van der Waals surface area contributed by atoms with Crippen molar-refractivity contribution in [2.45, 2.75) is 13.8 Å². The van der Waals surface area contributed by atoms with Crippen molar-refractivity contribution in [2.24, 2.45) is 0 Å². The number of halogens is 1. The van der Waals surface area contributed by atoms with Crippen LogP contribution in [0.4, 0.5) is 5.82 Å². The van der Waals surface area contributed by atoms with Gasteiger partial charge in [0.1, 0.15) is 0 Å². The number of nitrogens with two attached hydrogens (primary N) is 1. The quantitative estimate of drug-likeness (QED) is 0.558. The van der Waals surface area contributed by atoms with Crippen LogP contribution in [-0.2, 0) is 0 Å². The van der Waals surface area contributed by atoms with Crippen LogP contribution in [0, 0.1) is 36.5 Å². The minimum atomic E-state index is -0.523. The van der Waals surface area contributed by atoms with Crippen LogP contribution < -0.4 is 19.4 Å². The van der Waals surface area contributed by atoms with E-state index in [0.717, 1.165) is 15.5 Å². The molecule has 137 valence electrons. The standard InChI is InChI=1S/C20H14AsBrN5O/c1-11-7-14(10-24)8-12(2)17(11)28-19-16(22)18(25)26-20(27-19)21-15-5-3-13(9-23)4-6-15/h3-8H,1-2H3,(H2,25,26,27). The van der Waals surface area contributed by atoms with E-state index in [1.54, 1.807) is 24.3 Å². The van der Waals surface area contributed by atoms with E-state index in [1.165, 1.54) is 0 Å². The van der Waals surface area contributed by atoms with Crippen molar-refractivity contribution in [2.75, 3.05) is 5.73 Å². The number of aryl methyl sites for hydroxylation is 2. The molecule has 0 aliphatic heterocycles. The molecule has 2 N–H and O–H groups in total. The first-order valence-electron chi connectivity index (χ1n) is 8.15. The Hall–Kier alpha value is -2.86. The topological polar surface area (TPSA) is 109 Å². The molecule has 0 bridgehead atoms. The predicted octanol–water partition coefficient (Wildman–Crippen LogP) is 2.63. The fourth-order valence-electron chi connectivity index (χ4n) is 2.55. The Balaban J connectivity index is 1.94. The summed E-state index contributed by atoms with van der Waals surface area (Å²) >= 11 is 2.88. The maximum atomic E-state index is 9.11. The van der Waals surface area contributed by atoms with Crippen LogP contribution in [0.25, 0.3) is 0 Å². The Morgan fingerprint density at radius 2 is 1.61 bits per heavy atom. The Bertz CT molecular complexity index is 1110. The van der Waals surface area contributed by atoms with E-state index in [4.69, 9.17) is 21.0 Å². The molecule has 0 fully saturated rings. The van der Waals surface area contributed by atoms with Crippen LogP contribution in [0.5, 0.6) is 11.6 Å². The van der Waals surface area contributed by atoms with Crippen LogP contribution in [0.1, 0.15) is 22.3 Å². The molecule has 2 aromatic carbocycles. The van der Waals surface area contributed by atoms with E-state index in [1.807, 2.05) is 26.0 Å². The van der Waals surface area contributed by atoms with Gasteiger partial charge in [-0.05, 0) is 0 Å². The number of rotatable bonds is 4. The molecule has 3 rings (SSSR count). The SMILES string of the molecule is Cc1cc(C#N)cc(C)c1Oc1nc([As]c2ccc(C#N)cc2)nc(N)c1Br. The summed E-state index contributed by atoms with van der Waals surface area (Å²) in [5, 5.41) is 18.0. The summed E-state index contributed by atoms with van der Waals surface area (Å²) in [6.45, 7) is 3.76. The number of nitrogen functional groups attached to an aromatic ring is 1. The van der Waals surface area contributed by atoms with Gasteiger partial charge in [-0.2, -0.15) is 0 Å². The van der Waals surface area contributed by atoms with Crippen molar-refractivity contribution in [3.8, 4) is 23.8 Å². The molecule has 0 aliphatic rings. The molecule has 3 aromatic rings. The number of nitrogens with zero attached hydrogens (tertiary/aromatic N) is 4. The van der Waals surface area contributed by atoms with Crippen molar-refractivity contribution in [3.63, 3.8) is 0 Å². The van der Waals surface area contributed by atoms with Crippen LogP contribution in [-0.4, -0.2) is 25.7 Å². The second kappa shape index (κ2) is 8.44. The molecule has 0 atom stereocenters. The Morgan fingerprint density at radius 3 is 2.18 bits per heavy atom. The molecule has 0 saturated heterocycles. The van der Waals surface area contributed by atoms with Crippen LogP contribution in [0.2, 0.25) is 0 Å². The van der Waals surface area contributed by atoms with Gasteiger partial charge in [-0.1, -0.05) is 0 Å². The second-order valence-corrected chi connectivity index (χ2v) is 9.14. The average Bonchev–Trinajstić information content (AvgIpc) is 2.68. The molecule has 0 spiro atoms. The van der Waals surface area contributed by atoms with Crippen molar-refractivity contribution >= 4 is 46.5 Å². The third-order valence-electron chi connectivity index (χ3n) is 3.85. The number of hydrogen-bond acceptors (Lipinski definition) is 6. The van der Waals surface area contributed by atoms with E-state index in [0.29, 0.717) is 37.7 Å². The number of hydrogen-bond donors (Lipinski definition) is 1. The first kappa shape index (κ1) is 19.9. The molecular weight excluding hydrogens is 481 g/mol. The molecule has 0 aliphatic carbocycles. The van der Waals surface area contributed by atoms with E-state index >= 15 is 0 Å². The van der Waals surface area contributed by atoms with Gasteiger partial charge in [0.2, 0.25) is 0 Å². The summed E-state index contributed by atoms with van der Waals surface area (Å²) in [4.78, 5) is 8.90. The minimum absolute atomic E-state index is 0.299. The van der Waals surface area contributed by atoms with E-state index in [2.05, 4.69) is 38.0 Å². The maximum absolute atomic E-state index is 9.11. The number of anilines is 1. The molecule has 1 aromatic heterocycles. The summed E-state index contributed by atoms with van der Waals surface area (Å²) < 4.78 is 8.18. The van der Waals surface area contributed by atoms with Gasteiger partial charge in [-0.25, -0.2) is 0 Å². The summed E-state index contributed by atoms with van der Waals surface area (Å²) in [6.07, 6.45) is 0. The second-order valence-electron chi connectivity index (χ2n) is 5.95. The normalized spacial score (nSPS) is 10.6. The van der Waals surface area contributed by atoms with Crippen molar-refractivity contribution in [1.29, 1.82) is 10.5 Å². The van der Waals surface area contributed by atoms with Crippen molar-refractivity contribution in [3.05, 3.63) is 63.1 Å². The van der Waals surface area contributed by atoms with Gasteiger partial charge in [0.15, 0.2) is 0 Å². The number of aromatic nitrogens is 2. The van der Waals surface area contributed by atoms with Crippen LogP contribution in [0.3, 0.4) is 0 Å². The van der Waals surface area contributed by atoms with Gasteiger partial charge >= 0.3 is 178 Å². The number of benzene rings is 2. The predicted molar refractivity (Wildman–Crippen MR) is 111 cm³/mol. The first-order chi connectivity index (χ1) is 13.4. The Kier molecular flexibility index (Phi) is 5.99. The molecule has 8 heteroatoms. The fraction of sp³-hybridized carbons (Fsp3) is 0.100. The molecule has 28 heavy (non-hydrogen) atoms. The zero-order chi connectivity index (χ0) is 20.3. The Labute approximate surface area is 177 Å². The van der Waals surface area contributed by atoms with Gasteiger partial charge < -0.3 is 0 Å².